The van der Waals surface area contributed by atoms with Crippen LogP contribution in [0.15, 0.2) is 53.4 Å². The SMILES string of the molecule is CCN(c1cccc(C)c1)S(=O)(=O)c1ccc(CO)cc1. The first kappa shape index (κ1) is 15.5. The van der Waals surface area contributed by atoms with E-state index in [4.69, 9.17) is 5.11 Å². The van der Waals surface area contributed by atoms with E-state index in [0.717, 1.165) is 5.56 Å². The summed E-state index contributed by atoms with van der Waals surface area (Å²) < 4.78 is 26.9. The Hall–Kier alpha value is -1.85. The molecule has 5 heteroatoms. The number of aliphatic hydroxyl groups excluding tert-OH is 1. The van der Waals surface area contributed by atoms with Gasteiger partial charge in [0.15, 0.2) is 0 Å². The lowest BCUT2D eigenvalue weighted by Gasteiger charge is -2.23. The third-order valence-corrected chi connectivity index (χ3v) is 5.19. The van der Waals surface area contributed by atoms with E-state index in [9.17, 15) is 8.42 Å². The second-order valence-electron chi connectivity index (χ2n) is 4.81. The van der Waals surface area contributed by atoms with Gasteiger partial charge >= 0.3 is 0 Å². The Morgan fingerprint density at radius 3 is 2.29 bits per heavy atom. The van der Waals surface area contributed by atoms with Crippen LogP contribution in [0.3, 0.4) is 0 Å². The highest BCUT2D eigenvalue weighted by Gasteiger charge is 2.23. The Morgan fingerprint density at radius 1 is 1.10 bits per heavy atom. The number of aryl methyl sites for hydroxylation is 1. The molecule has 0 amide bonds. The van der Waals surface area contributed by atoms with Crippen molar-refractivity contribution in [2.75, 3.05) is 10.8 Å². The van der Waals surface area contributed by atoms with Gasteiger partial charge in [0.2, 0.25) is 0 Å². The molecule has 0 fully saturated rings. The van der Waals surface area contributed by atoms with Gasteiger partial charge in [0.1, 0.15) is 0 Å². The average molecular weight is 305 g/mol. The van der Waals surface area contributed by atoms with E-state index in [2.05, 4.69) is 0 Å². The highest BCUT2D eigenvalue weighted by Crippen LogP contribution is 2.24. The maximum Gasteiger partial charge on any atom is 0.264 e. The van der Waals surface area contributed by atoms with Crippen molar-refractivity contribution in [3.63, 3.8) is 0 Å². The van der Waals surface area contributed by atoms with Gasteiger partial charge < -0.3 is 5.11 Å². The van der Waals surface area contributed by atoms with E-state index < -0.39 is 10.0 Å². The van der Waals surface area contributed by atoms with Crippen LogP contribution in [0.1, 0.15) is 18.1 Å². The monoisotopic (exact) mass is 305 g/mol. The zero-order valence-electron chi connectivity index (χ0n) is 12.2. The molecule has 2 rings (SSSR count). The van der Waals surface area contributed by atoms with Gasteiger partial charge in [-0.1, -0.05) is 24.3 Å². The van der Waals surface area contributed by atoms with E-state index in [1.165, 1.54) is 16.4 Å². The summed E-state index contributed by atoms with van der Waals surface area (Å²) in [6.45, 7) is 3.99. The maximum absolute atomic E-state index is 12.7. The van der Waals surface area contributed by atoms with Crippen molar-refractivity contribution in [1.82, 2.24) is 0 Å². The van der Waals surface area contributed by atoms with E-state index in [1.807, 2.05) is 32.0 Å². The number of anilines is 1. The predicted octanol–water partition coefficient (Wildman–Crippen LogP) is 2.70. The molecule has 0 saturated heterocycles. The molecule has 1 N–H and O–H groups in total. The van der Waals surface area contributed by atoms with Gasteiger partial charge in [-0.3, -0.25) is 4.31 Å². The summed E-state index contributed by atoms with van der Waals surface area (Å²) in [4.78, 5) is 0.225. The summed E-state index contributed by atoms with van der Waals surface area (Å²) in [5.41, 5.74) is 2.35. The number of hydrogen-bond acceptors (Lipinski definition) is 3. The van der Waals surface area contributed by atoms with Gasteiger partial charge in [-0.25, -0.2) is 8.42 Å². The third kappa shape index (κ3) is 3.25. The fraction of sp³-hybridized carbons (Fsp3) is 0.250. The standard InChI is InChI=1S/C16H19NO3S/c1-3-17(15-6-4-5-13(2)11-15)21(19,20)16-9-7-14(12-18)8-10-16/h4-11,18H,3,12H2,1-2H3. The van der Waals surface area contributed by atoms with Gasteiger partial charge in [-0.2, -0.15) is 0 Å². The minimum Gasteiger partial charge on any atom is -0.392 e. The number of benzene rings is 2. The van der Waals surface area contributed by atoms with Crippen molar-refractivity contribution < 1.29 is 13.5 Å². The van der Waals surface area contributed by atoms with Crippen molar-refractivity contribution in [1.29, 1.82) is 0 Å². The number of hydrogen-bond donors (Lipinski definition) is 1. The van der Waals surface area contributed by atoms with Gasteiger partial charge in [0.05, 0.1) is 17.2 Å². The van der Waals surface area contributed by atoms with Crippen molar-refractivity contribution in [2.24, 2.45) is 0 Å². The van der Waals surface area contributed by atoms with Gasteiger partial charge in [0, 0.05) is 6.54 Å². The average Bonchev–Trinajstić information content (AvgIpc) is 2.48. The van der Waals surface area contributed by atoms with Crippen LogP contribution in [0.5, 0.6) is 0 Å². The summed E-state index contributed by atoms with van der Waals surface area (Å²) in [5, 5.41) is 9.04. The van der Waals surface area contributed by atoms with Crippen LogP contribution in [0.25, 0.3) is 0 Å². The Bertz CT molecular complexity index is 709. The topological polar surface area (TPSA) is 57.6 Å². The molecule has 0 saturated carbocycles. The van der Waals surface area contributed by atoms with Crippen molar-refractivity contribution in [3.8, 4) is 0 Å². The Labute approximate surface area is 125 Å². The highest BCUT2D eigenvalue weighted by atomic mass is 32.2. The van der Waals surface area contributed by atoms with Crippen LogP contribution in [-0.4, -0.2) is 20.1 Å². The summed E-state index contributed by atoms with van der Waals surface area (Å²) in [6.07, 6.45) is 0. The van der Waals surface area contributed by atoms with Crippen molar-refractivity contribution in [2.45, 2.75) is 25.3 Å². The van der Waals surface area contributed by atoms with E-state index >= 15 is 0 Å². The minimum atomic E-state index is -3.59. The van der Waals surface area contributed by atoms with Crippen LogP contribution in [0.2, 0.25) is 0 Å². The molecule has 0 aromatic heterocycles. The number of rotatable bonds is 5. The van der Waals surface area contributed by atoms with Crippen LogP contribution in [0, 0.1) is 6.92 Å². The molecule has 0 heterocycles. The zero-order chi connectivity index (χ0) is 15.5. The van der Waals surface area contributed by atoms with E-state index in [0.29, 0.717) is 17.8 Å². The fourth-order valence-electron chi connectivity index (χ4n) is 2.17. The first-order valence-electron chi connectivity index (χ1n) is 6.78. The van der Waals surface area contributed by atoms with E-state index in [1.54, 1.807) is 18.2 Å². The Balaban J connectivity index is 2.44. The van der Waals surface area contributed by atoms with Crippen LogP contribution in [0.4, 0.5) is 5.69 Å². The van der Waals surface area contributed by atoms with Crippen LogP contribution in [-0.2, 0) is 16.6 Å². The fourth-order valence-corrected chi connectivity index (χ4v) is 3.63. The smallest absolute Gasteiger partial charge is 0.264 e. The lowest BCUT2D eigenvalue weighted by molar-refractivity contribution is 0.282. The molecule has 0 spiro atoms. The van der Waals surface area contributed by atoms with Crippen molar-refractivity contribution >= 4 is 15.7 Å². The largest absolute Gasteiger partial charge is 0.392 e. The quantitative estimate of drug-likeness (QED) is 0.924. The molecular formula is C16H19NO3S. The molecule has 4 nitrogen and oxygen atoms in total. The molecule has 2 aromatic rings. The zero-order valence-corrected chi connectivity index (χ0v) is 13.0. The normalized spacial score (nSPS) is 11.4. The summed E-state index contributed by atoms with van der Waals surface area (Å²) >= 11 is 0. The molecule has 0 atom stereocenters. The van der Waals surface area contributed by atoms with Gasteiger partial charge in [0.25, 0.3) is 10.0 Å². The lowest BCUT2D eigenvalue weighted by Crippen LogP contribution is -2.30. The molecule has 112 valence electrons. The number of sulfonamides is 1. The first-order valence-corrected chi connectivity index (χ1v) is 8.22. The van der Waals surface area contributed by atoms with E-state index in [-0.39, 0.29) is 11.5 Å². The molecule has 0 unspecified atom stereocenters. The van der Waals surface area contributed by atoms with Crippen LogP contribution < -0.4 is 4.31 Å². The third-order valence-electron chi connectivity index (χ3n) is 3.27. The Kier molecular flexibility index (Phi) is 4.65. The second kappa shape index (κ2) is 6.28. The molecule has 0 aliphatic carbocycles. The second-order valence-corrected chi connectivity index (χ2v) is 6.67. The van der Waals surface area contributed by atoms with Crippen LogP contribution >= 0.6 is 0 Å². The van der Waals surface area contributed by atoms with Crippen molar-refractivity contribution in [3.05, 3.63) is 59.7 Å². The molecule has 2 aromatic carbocycles. The Morgan fingerprint density at radius 2 is 1.76 bits per heavy atom. The first-order chi connectivity index (χ1) is 9.98. The lowest BCUT2D eigenvalue weighted by atomic mass is 10.2. The van der Waals surface area contributed by atoms with Gasteiger partial charge in [-0.05, 0) is 49.2 Å². The minimum absolute atomic E-state index is 0.101. The number of aliphatic hydroxyl groups is 1. The highest BCUT2D eigenvalue weighted by molar-refractivity contribution is 7.92. The molecule has 0 aliphatic rings. The molecular weight excluding hydrogens is 286 g/mol. The maximum atomic E-state index is 12.7. The molecule has 21 heavy (non-hydrogen) atoms. The summed E-state index contributed by atoms with van der Waals surface area (Å²) in [5.74, 6) is 0. The predicted molar refractivity (Wildman–Crippen MR) is 83.7 cm³/mol. The number of nitrogens with zero attached hydrogens (tertiary/aromatic N) is 1. The summed E-state index contributed by atoms with van der Waals surface area (Å²) in [6, 6.07) is 13.7. The molecule has 0 radical (unpaired) electrons. The molecule has 0 bridgehead atoms. The van der Waals surface area contributed by atoms with Gasteiger partial charge in [-0.15, -0.1) is 0 Å². The molecule has 0 aliphatic heterocycles. The summed E-state index contributed by atoms with van der Waals surface area (Å²) in [7, 11) is -3.59.